The molecule has 0 saturated carbocycles. The fourth-order valence-electron chi connectivity index (χ4n) is 2.84. The molecule has 8 nitrogen and oxygen atoms in total. The number of hydrogen-bond acceptors (Lipinski definition) is 6. The van der Waals surface area contributed by atoms with E-state index in [9.17, 15) is 9.59 Å². The number of amides is 1. The molecule has 27 heavy (non-hydrogen) atoms. The van der Waals surface area contributed by atoms with Crippen LogP contribution in [0.2, 0.25) is 0 Å². The molecule has 3 rings (SSSR count). The number of carbonyl (C=O) groups is 1. The summed E-state index contributed by atoms with van der Waals surface area (Å²) in [6.45, 7) is 5.63. The van der Waals surface area contributed by atoms with E-state index in [0.717, 1.165) is 29.0 Å². The molecule has 0 aliphatic rings. The van der Waals surface area contributed by atoms with Gasteiger partial charge >= 0.3 is 0 Å². The molecule has 3 heterocycles. The first-order valence-corrected chi connectivity index (χ1v) is 9.52. The van der Waals surface area contributed by atoms with Crippen molar-refractivity contribution < 1.29 is 4.79 Å². The Labute approximate surface area is 160 Å². The molecule has 0 fully saturated rings. The number of nitrogens with zero attached hydrogens (tertiary/aromatic N) is 5. The van der Waals surface area contributed by atoms with Gasteiger partial charge in [-0.25, -0.2) is 10.4 Å². The van der Waals surface area contributed by atoms with E-state index in [1.54, 1.807) is 11.6 Å². The summed E-state index contributed by atoms with van der Waals surface area (Å²) in [5, 5.41) is 8.93. The van der Waals surface area contributed by atoms with Crippen LogP contribution in [0.3, 0.4) is 0 Å². The van der Waals surface area contributed by atoms with Gasteiger partial charge in [-0.1, -0.05) is 13.3 Å². The van der Waals surface area contributed by atoms with Crippen molar-refractivity contribution in [2.45, 2.75) is 40.2 Å². The van der Waals surface area contributed by atoms with Crippen LogP contribution in [0.25, 0.3) is 10.2 Å². The fourth-order valence-corrected chi connectivity index (χ4v) is 3.93. The van der Waals surface area contributed by atoms with Gasteiger partial charge in [0.15, 0.2) is 0 Å². The average molecular weight is 386 g/mol. The van der Waals surface area contributed by atoms with Crippen molar-refractivity contribution >= 4 is 33.2 Å². The number of thiophene rings is 1. The van der Waals surface area contributed by atoms with Crippen LogP contribution >= 0.6 is 11.3 Å². The molecular weight excluding hydrogens is 364 g/mol. The zero-order chi connectivity index (χ0) is 19.6. The molecule has 0 radical (unpaired) electrons. The van der Waals surface area contributed by atoms with Crippen LogP contribution in [-0.2, 0) is 24.8 Å². The quantitative estimate of drug-likeness (QED) is 0.518. The van der Waals surface area contributed by atoms with Crippen molar-refractivity contribution in [2.24, 2.45) is 12.1 Å². The lowest BCUT2D eigenvalue weighted by Gasteiger charge is -2.05. The van der Waals surface area contributed by atoms with Gasteiger partial charge in [-0.15, -0.1) is 11.3 Å². The van der Waals surface area contributed by atoms with Gasteiger partial charge in [-0.05, 0) is 26.3 Å². The molecule has 0 aromatic carbocycles. The monoisotopic (exact) mass is 386 g/mol. The van der Waals surface area contributed by atoms with Gasteiger partial charge in [-0.2, -0.15) is 10.2 Å². The molecule has 1 N–H and O–H groups in total. The number of aromatic nitrogens is 4. The Bertz CT molecular complexity index is 1080. The van der Waals surface area contributed by atoms with Crippen molar-refractivity contribution in [3.63, 3.8) is 0 Å². The zero-order valence-corrected chi connectivity index (χ0v) is 16.6. The number of nitrogens with one attached hydrogen (secondary N) is 1. The maximum absolute atomic E-state index is 12.6. The normalized spacial score (nSPS) is 11.9. The summed E-state index contributed by atoms with van der Waals surface area (Å²) in [5.41, 5.74) is 4.63. The fraction of sp³-hybridized carbons (Fsp3) is 0.389. The zero-order valence-electron chi connectivity index (χ0n) is 15.8. The number of fused-ring (bicyclic) bond motifs is 1. The third kappa shape index (κ3) is 4.13. The number of hydrogen-bond donors (Lipinski definition) is 1. The maximum atomic E-state index is 12.6. The second kappa shape index (κ2) is 7.83. The topological polar surface area (TPSA) is 94.2 Å². The minimum Gasteiger partial charge on any atom is -0.289 e. The lowest BCUT2D eigenvalue weighted by atomic mass is 10.2. The first-order chi connectivity index (χ1) is 12.9. The summed E-state index contributed by atoms with van der Waals surface area (Å²) in [5.74, 6) is -0.386. The molecule has 0 spiro atoms. The molecule has 0 saturated heterocycles. The van der Waals surface area contributed by atoms with E-state index in [1.165, 1.54) is 22.2 Å². The largest absolute Gasteiger partial charge is 0.289 e. The highest BCUT2D eigenvalue weighted by Crippen LogP contribution is 2.21. The smallest absolute Gasteiger partial charge is 0.262 e. The highest BCUT2D eigenvalue weighted by atomic mass is 32.1. The summed E-state index contributed by atoms with van der Waals surface area (Å²) < 4.78 is 3.00. The Morgan fingerprint density at radius 3 is 2.85 bits per heavy atom. The summed E-state index contributed by atoms with van der Waals surface area (Å²) in [6.07, 6.45) is 5.19. The van der Waals surface area contributed by atoms with Crippen LogP contribution in [0, 0.1) is 6.92 Å². The van der Waals surface area contributed by atoms with E-state index in [0.29, 0.717) is 15.9 Å². The molecule has 9 heteroatoms. The van der Waals surface area contributed by atoms with Gasteiger partial charge in [0.25, 0.3) is 11.5 Å². The van der Waals surface area contributed by atoms with Gasteiger partial charge in [0.2, 0.25) is 0 Å². The van der Waals surface area contributed by atoms with Gasteiger partial charge in [0.1, 0.15) is 11.4 Å². The first-order valence-electron chi connectivity index (χ1n) is 8.70. The molecule has 3 aromatic heterocycles. The second-order valence-corrected chi connectivity index (χ2v) is 7.51. The van der Waals surface area contributed by atoms with Gasteiger partial charge < -0.3 is 0 Å². The summed E-state index contributed by atoms with van der Waals surface area (Å²) in [4.78, 5) is 31.0. The van der Waals surface area contributed by atoms with E-state index in [-0.39, 0.29) is 18.0 Å². The van der Waals surface area contributed by atoms with Crippen molar-refractivity contribution in [3.05, 3.63) is 45.1 Å². The lowest BCUT2D eigenvalue weighted by molar-refractivity contribution is -0.121. The molecule has 142 valence electrons. The van der Waals surface area contributed by atoms with Gasteiger partial charge in [0, 0.05) is 23.7 Å². The predicted molar refractivity (Wildman–Crippen MR) is 106 cm³/mol. The third-order valence-corrected chi connectivity index (χ3v) is 5.23. The number of carbonyl (C=O) groups excluding carboxylic acids is 1. The maximum Gasteiger partial charge on any atom is 0.262 e. The molecule has 0 aliphatic carbocycles. The predicted octanol–water partition coefficient (Wildman–Crippen LogP) is 1.99. The lowest BCUT2D eigenvalue weighted by Crippen LogP contribution is -2.30. The van der Waals surface area contributed by atoms with Crippen LogP contribution in [-0.4, -0.2) is 31.0 Å². The van der Waals surface area contributed by atoms with Crippen LogP contribution in [0.5, 0.6) is 0 Å². The standard InChI is InChI=1S/C18H22N6O2S/c1-5-6-13-7-14-17(27-13)19-10-24(18(14)26)9-16(25)21-20-11(2)15-8-23(4)22-12(15)3/h7-8,10H,5-6,9H2,1-4H3,(H,21,25)/b20-11+. The summed E-state index contributed by atoms with van der Waals surface area (Å²) in [7, 11) is 1.83. The Morgan fingerprint density at radius 1 is 1.41 bits per heavy atom. The molecule has 1 amide bonds. The van der Waals surface area contributed by atoms with Crippen molar-refractivity contribution in [3.8, 4) is 0 Å². The minimum atomic E-state index is -0.386. The number of rotatable bonds is 6. The molecule has 0 aliphatic heterocycles. The van der Waals surface area contributed by atoms with E-state index in [1.807, 2.05) is 26.2 Å². The van der Waals surface area contributed by atoms with Crippen LogP contribution < -0.4 is 11.0 Å². The van der Waals surface area contributed by atoms with Crippen LogP contribution in [0.15, 0.2) is 28.5 Å². The molecular formula is C18H22N6O2S. The van der Waals surface area contributed by atoms with Crippen molar-refractivity contribution in [1.82, 2.24) is 24.8 Å². The average Bonchev–Trinajstić information content (AvgIpc) is 3.18. The Balaban J connectivity index is 1.74. The number of hydrazone groups is 1. The van der Waals surface area contributed by atoms with Crippen LogP contribution in [0.1, 0.15) is 36.4 Å². The molecule has 0 unspecified atom stereocenters. The summed E-state index contributed by atoms with van der Waals surface area (Å²) >= 11 is 1.52. The van der Waals surface area contributed by atoms with E-state index >= 15 is 0 Å². The third-order valence-electron chi connectivity index (χ3n) is 4.13. The second-order valence-electron chi connectivity index (χ2n) is 6.39. The van der Waals surface area contributed by atoms with E-state index in [2.05, 4.69) is 27.5 Å². The van der Waals surface area contributed by atoms with E-state index in [4.69, 9.17) is 0 Å². The Kier molecular flexibility index (Phi) is 5.50. The molecule has 0 atom stereocenters. The SMILES string of the molecule is CCCc1cc2c(=O)n(CC(=O)N/N=C(\C)c3cn(C)nc3C)cnc2s1. The first kappa shape index (κ1) is 19.0. The number of aryl methyl sites for hydroxylation is 3. The highest BCUT2D eigenvalue weighted by Gasteiger charge is 2.12. The molecule has 3 aromatic rings. The Morgan fingerprint density at radius 2 is 2.19 bits per heavy atom. The Hall–Kier alpha value is -2.81. The van der Waals surface area contributed by atoms with Crippen molar-refractivity contribution in [1.29, 1.82) is 0 Å². The van der Waals surface area contributed by atoms with Crippen LogP contribution in [0.4, 0.5) is 0 Å². The van der Waals surface area contributed by atoms with Gasteiger partial charge in [0.05, 0.1) is 23.1 Å². The molecule has 0 bridgehead atoms. The van der Waals surface area contributed by atoms with Gasteiger partial charge in [-0.3, -0.25) is 18.8 Å². The van der Waals surface area contributed by atoms with E-state index < -0.39 is 0 Å². The highest BCUT2D eigenvalue weighted by molar-refractivity contribution is 7.18. The minimum absolute atomic E-state index is 0.135. The summed E-state index contributed by atoms with van der Waals surface area (Å²) in [6, 6.07) is 1.88. The van der Waals surface area contributed by atoms with Crippen molar-refractivity contribution in [2.75, 3.05) is 0 Å².